The largest absolute Gasteiger partial charge is 0.361 e. The predicted molar refractivity (Wildman–Crippen MR) is 105 cm³/mol. The summed E-state index contributed by atoms with van der Waals surface area (Å²) in [6.45, 7) is 4.28. The molecule has 27 heavy (non-hydrogen) atoms. The normalized spacial score (nSPS) is 12.7. The van der Waals surface area contributed by atoms with Crippen LogP contribution < -0.4 is 5.32 Å². The van der Waals surface area contributed by atoms with Crippen LogP contribution in [0.4, 0.5) is 0 Å². The van der Waals surface area contributed by atoms with Crippen molar-refractivity contribution in [1.29, 1.82) is 0 Å². The first-order chi connectivity index (χ1) is 13.1. The van der Waals surface area contributed by atoms with Crippen molar-refractivity contribution in [2.24, 2.45) is 5.92 Å². The standard InChI is InChI=1S/C21H23N5O/c1-14(2)11-18(21-25-24-19-9-5-6-10-26(19)21)23-20(27)12-15-13-22-17-8-4-3-7-16(15)17/h3-10,13-14,18,22H,11-12H2,1-2H3,(H,23,27)/t18-/m1/s1. The average Bonchev–Trinajstić information content (AvgIpc) is 3.25. The van der Waals surface area contributed by atoms with Gasteiger partial charge in [0.05, 0.1) is 12.5 Å². The van der Waals surface area contributed by atoms with E-state index >= 15 is 0 Å². The number of amides is 1. The van der Waals surface area contributed by atoms with Gasteiger partial charge in [0.25, 0.3) is 0 Å². The molecule has 4 aromatic rings. The summed E-state index contributed by atoms with van der Waals surface area (Å²) in [6, 6.07) is 13.6. The van der Waals surface area contributed by atoms with Crippen LogP contribution in [0, 0.1) is 5.92 Å². The van der Waals surface area contributed by atoms with Crippen LogP contribution in [0.5, 0.6) is 0 Å². The second-order valence-electron chi connectivity index (χ2n) is 7.27. The number of nitrogens with one attached hydrogen (secondary N) is 2. The zero-order chi connectivity index (χ0) is 18.8. The first-order valence-corrected chi connectivity index (χ1v) is 9.26. The molecular weight excluding hydrogens is 338 g/mol. The summed E-state index contributed by atoms with van der Waals surface area (Å²) in [5, 5.41) is 12.8. The zero-order valence-corrected chi connectivity index (χ0v) is 15.5. The van der Waals surface area contributed by atoms with Gasteiger partial charge in [0.15, 0.2) is 11.5 Å². The summed E-state index contributed by atoms with van der Waals surface area (Å²) in [6.07, 6.45) is 4.97. The highest BCUT2D eigenvalue weighted by molar-refractivity contribution is 5.88. The number of aromatic nitrogens is 4. The number of fused-ring (bicyclic) bond motifs is 2. The molecule has 6 nitrogen and oxygen atoms in total. The van der Waals surface area contributed by atoms with Crippen LogP contribution in [0.25, 0.3) is 16.6 Å². The highest BCUT2D eigenvalue weighted by atomic mass is 16.1. The molecule has 0 aliphatic heterocycles. The van der Waals surface area contributed by atoms with E-state index in [0.717, 1.165) is 34.4 Å². The Morgan fingerprint density at radius 1 is 1.15 bits per heavy atom. The lowest BCUT2D eigenvalue weighted by molar-refractivity contribution is -0.121. The van der Waals surface area contributed by atoms with Crippen molar-refractivity contribution in [2.75, 3.05) is 0 Å². The van der Waals surface area contributed by atoms with Crippen molar-refractivity contribution in [1.82, 2.24) is 24.9 Å². The molecule has 0 saturated carbocycles. The number of hydrogen-bond donors (Lipinski definition) is 2. The van der Waals surface area contributed by atoms with E-state index in [1.165, 1.54) is 0 Å². The number of pyridine rings is 1. The molecule has 0 bridgehead atoms. The van der Waals surface area contributed by atoms with Gasteiger partial charge in [-0.2, -0.15) is 0 Å². The molecule has 3 aromatic heterocycles. The topological polar surface area (TPSA) is 75.1 Å². The summed E-state index contributed by atoms with van der Waals surface area (Å²) in [5.41, 5.74) is 2.83. The van der Waals surface area contributed by atoms with Gasteiger partial charge in [0.1, 0.15) is 0 Å². The highest BCUT2D eigenvalue weighted by Gasteiger charge is 2.22. The molecule has 6 heteroatoms. The number of aromatic amines is 1. The molecule has 0 spiro atoms. The van der Waals surface area contributed by atoms with Gasteiger partial charge in [-0.05, 0) is 36.1 Å². The molecule has 1 amide bonds. The van der Waals surface area contributed by atoms with E-state index in [-0.39, 0.29) is 11.9 Å². The number of para-hydroxylation sites is 1. The Hall–Kier alpha value is -3.15. The molecule has 0 fully saturated rings. The van der Waals surface area contributed by atoms with Gasteiger partial charge in [0, 0.05) is 23.3 Å². The van der Waals surface area contributed by atoms with Gasteiger partial charge in [-0.15, -0.1) is 10.2 Å². The summed E-state index contributed by atoms with van der Waals surface area (Å²) < 4.78 is 1.94. The molecule has 138 valence electrons. The minimum atomic E-state index is -0.180. The molecule has 0 aliphatic rings. The molecule has 1 atom stereocenters. The van der Waals surface area contributed by atoms with Crippen molar-refractivity contribution in [3.8, 4) is 0 Å². The van der Waals surface area contributed by atoms with Gasteiger partial charge >= 0.3 is 0 Å². The molecule has 0 aliphatic carbocycles. The van der Waals surface area contributed by atoms with Gasteiger partial charge < -0.3 is 10.3 Å². The van der Waals surface area contributed by atoms with E-state index in [1.54, 1.807) is 0 Å². The van der Waals surface area contributed by atoms with Gasteiger partial charge in [-0.25, -0.2) is 0 Å². The number of H-pyrrole nitrogens is 1. The van der Waals surface area contributed by atoms with E-state index < -0.39 is 0 Å². The Balaban J connectivity index is 1.57. The number of hydrogen-bond acceptors (Lipinski definition) is 3. The molecule has 1 aromatic carbocycles. The van der Waals surface area contributed by atoms with E-state index in [1.807, 2.05) is 59.3 Å². The van der Waals surface area contributed by atoms with Crippen molar-refractivity contribution in [3.63, 3.8) is 0 Å². The second kappa shape index (κ2) is 7.23. The van der Waals surface area contributed by atoms with E-state index in [0.29, 0.717) is 12.3 Å². The molecular formula is C21H23N5O. The number of carbonyl (C=O) groups is 1. The van der Waals surface area contributed by atoms with E-state index in [9.17, 15) is 4.79 Å². The fraction of sp³-hybridized carbons (Fsp3) is 0.286. The molecule has 3 heterocycles. The number of nitrogens with zero attached hydrogens (tertiary/aromatic N) is 3. The van der Waals surface area contributed by atoms with Crippen LogP contribution in [0.1, 0.15) is 37.7 Å². The first-order valence-electron chi connectivity index (χ1n) is 9.26. The zero-order valence-electron chi connectivity index (χ0n) is 15.5. The predicted octanol–water partition coefficient (Wildman–Crippen LogP) is 3.66. The van der Waals surface area contributed by atoms with E-state index in [2.05, 4.69) is 34.3 Å². The summed E-state index contributed by atoms with van der Waals surface area (Å²) >= 11 is 0. The third kappa shape index (κ3) is 3.56. The summed E-state index contributed by atoms with van der Waals surface area (Å²) in [7, 11) is 0. The second-order valence-corrected chi connectivity index (χ2v) is 7.27. The lowest BCUT2D eigenvalue weighted by Crippen LogP contribution is -2.32. The lowest BCUT2D eigenvalue weighted by atomic mass is 10.0. The maximum atomic E-state index is 12.8. The summed E-state index contributed by atoms with van der Waals surface area (Å²) in [5.74, 6) is 1.17. The van der Waals surface area contributed by atoms with Crippen molar-refractivity contribution >= 4 is 22.5 Å². The average molecular weight is 361 g/mol. The van der Waals surface area contributed by atoms with Crippen LogP contribution >= 0.6 is 0 Å². The molecule has 0 radical (unpaired) electrons. The Labute approximate surface area is 157 Å². The van der Waals surface area contributed by atoms with Crippen LogP contribution in [0.2, 0.25) is 0 Å². The van der Waals surface area contributed by atoms with Crippen molar-refractivity contribution < 1.29 is 4.79 Å². The van der Waals surface area contributed by atoms with Gasteiger partial charge in [0.2, 0.25) is 5.91 Å². The van der Waals surface area contributed by atoms with Gasteiger partial charge in [-0.3, -0.25) is 9.20 Å². The maximum Gasteiger partial charge on any atom is 0.225 e. The number of benzene rings is 1. The number of rotatable bonds is 6. The fourth-order valence-corrected chi connectivity index (χ4v) is 3.49. The Morgan fingerprint density at radius 3 is 2.81 bits per heavy atom. The van der Waals surface area contributed by atoms with Crippen LogP contribution in [0.3, 0.4) is 0 Å². The fourth-order valence-electron chi connectivity index (χ4n) is 3.49. The molecule has 0 saturated heterocycles. The van der Waals surface area contributed by atoms with Crippen LogP contribution in [0.15, 0.2) is 54.9 Å². The summed E-state index contributed by atoms with van der Waals surface area (Å²) in [4.78, 5) is 16.0. The molecule has 0 unspecified atom stereocenters. The molecule has 2 N–H and O–H groups in total. The third-order valence-electron chi connectivity index (χ3n) is 4.72. The van der Waals surface area contributed by atoms with Crippen molar-refractivity contribution in [3.05, 3.63) is 66.2 Å². The minimum absolute atomic E-state index is 0.0157. The SMILES string of the molecule is CC(C)C[C@@H](NC(=O)Cc1c[nH]c2ccccc12)c1nnc2ccccn12. The van der Waals surface area contributed by atoms with Gasteiger partial charge in [-0.1, -0.05) is 38.1 Å². The van der Waals surface area contributed by atoms with E-state index in [4.69, 9.17) is 0 Å². The smallest absolute Gasteiger partial charge is 0.225 e. The first kappa shape index (κ1) is 17.3. The quantitative estimate of drug-likeness (QED) is 0.550. The Kier molecular flexibility index (Phi) is 4.62. The molecule has 4 rings (SSSR count). The maximum absolute atomic E-state index is 12.8. The highest BCUT2D eigenvalue weighted by Crippen LogP contribution is 2.22. The monoisotopic (exact) mass is 361 g/mol. The third-order valence-corrected chi connectivity index (χ3v) is 4.72. The number of carbonyl (C=O) groups excluding carboxylic acids is 1. The van der Waals surface area contributed by atoms with Crippen molar-refractivity contribution in [2.45, 2.75) is 32.7 Å². The Morgan fingerprint density at radius 2 is 1.96 bits per heavy atom. The minimum Gasteiger partial charge on any atom is -0.361 e. The lowest BCUT2D eigenvalue weighted by Gasteiger charge is -2.19. The van der Waals surface area contributed by atoms with Crippen LogP contribution in [-0.2, 0) is 11.2 Å². The Bertz CT molecular complexity index is 1080. The van der Waals surface area contributed by atoms with Crippen LogP contribution in [-0.4, -0.2) is 25.5 Å².